The van der Waals surface area contributed by atoms with Crippen LogP contribution in [0.15, 0.2) is 53.4 Å². The maximum absolute atomic E-state index is 13.2. The lowest BCUT2D eigenvalue weighted by molar-refractivity contribution is -0.384. The second-order valence-electron chi connectivity index (χ2n) is 5.98. The Kier molecular flexibility index (Phi) is 6.57. The zero-order valence-electron chi connectivity index (χ0n) is 15.6. The summed E-state index contributed by atoms with van der Waals surface area (Å²) < 4.78 is 37.4. The highest BCUT2D eigenvalue weighted by Gasteiger charge is 2.31. The number of nitro benzene ring substituents is 1. The Hall–Kier alpha value is -3.14. The number of hydrogen-bond donors (Lipinski definition) is 0. The monoisotopic (exact) mass is 408 g/mol. The maximum Gasteiger partial charge on any atom is 0.327 e. The van der Waals surface area contributed by atoms with Gasteiger partial charge >= 0.3 is 5.97 Å². The summed E-state index contributed by atoms with van der Waals surface area (Å²) in [6.45, 7) is 2.58. The molecule has 0 amide bonds. The van der Waals surface area contributed by atoms with E-state index in [0.717, 1.165) is 10.4 Å². The van der Waals surface area contributed by atoms with E-state index in [-0.39, 0.29) is 22.0 Å². The van der Waals surface area contributed by atoms with Gasteiger partial charge in [0.25, 0.3) is 15.7 Å². The van der Waals surface area contributed by atoms with Crippen LogP contribution < -0.4 is 9.04 Å². The van der Waals surface area contributed by atoms with E-state index in [1.54, 1.807) is 19.9 Å². The number of benzene rings is 2. The Morgan fingerprint density at radius 3 is 2.36 bits per heavy atom. The topological polar surface area (TPSA) is 116 Å². The molecule has 0 heterocycles. The molecule has 0 aliphatic carbocycles. The van der Waals surface area contributed by atoms with Crippen molar-refractivity contribution >= 4 is 27.4 Å². The minimum atomic E-state index is -4.23. The smallest absolute Gasteiger partial charge is 0.327 e. The van der Waals surface area contributed by atoms with Crippen molar-refractivity contribution in [1.82, 2.24) is 0 Å². The Bertz CT molecular complexity index is 959. The highest BCUT2D eigenvalue weighted by Crippen LogP contribution is 2.35. The summed E-state index contributed by atoms with van der Waals surface area (Å²) >= 11 is 0. The molecule has 0 fully saturated rings. The molecule has 0 bridgehead atoms. The van der Waals surface area contributed by atoms with Gasteiger partial charge in [-0.2, -0.15) is 0 Å². The van der Waals surface area contributed by atoms with Gasteiger partial charge in [0, 0.05) is 12.1 Å². The van der Waals surface area contributed by atoms with Crippen molar-refractivity contribution in [2.45, 2.75) is 24.8 Å². The fourth-order valence-electron chi connectivity index (χ4n) is 2.42. The predicted octanol–water partition coefficient (Wildman–Crippen LogP) is 2.75. The summed E-state index contributed by atoms with van der Waals surface area (Å²) in [7, 11) is -2.93. The van der Waals surface area contributed by atoms with Gasteiger partial charge in [-0.1, -0.05) is 18.2 Å². The molecule has 28 heavy (non-hydrogen) atoms. The first-order valence-electron chi connectivity index (χ1n) is 8.26. The van der Waals surface area contributed by atoms with E-state index in [0.29, 0.717) is 0 Å². The number of carbonyl (C=O) groups is 1. The minimum absolute atomic E-state index is 0.0578. The fourth-order valence-corrected chi connectivity index (χ4v) is 3.86. The van der Waals surface area contributed by atoms with Crippen LogP contribution in [0.3, 0.4) is 0 Å². The van der Waals surface area contributed by atoms with Crippen LogP contribution in [0, 0.1) is 10.1 Å². The Morgan fingerprint density at radius 2 is 1.82 bits per heavy atom. The van der Waals surface area contributed by atoms with Crippen LogP contribution in [-0.2, 0) is 19.6 Å². The zero-order valence-corrected chi connectivity index (χ0v) is 16.4. The summed E-state index contributed by atoms with van der Waals surface area (Å²) in [4.78, 5) is 22.7. The number of nitrogens with zero attached hydrogens (tertiary/aromatic N) is 2. The molecule has 0 N–H and O–H groups in total. The Balaban J connectivity index is 2.64. The number of carbonyl (C=O) groups excluding carboxylic acids is 1. The first-order valence-corrected chi connectivity index (χ1v) is 9.70. The molecule has 10 heteroatoms. The first-order chi connectivity index (χ1) is 13.2. The van der Waals surface area contributed by atoms with Crippen molar-refractivity contribution in [2.24, 2.45) is 0 Å². The van der Waals surface area contributed by atoms with Crippen LogP contribution in [0.4, 0.5) is 11.4 Å². The summed E-state index contributed by atoms with van der Waals surface area (Å²) in [5, 5.41) is 11.2. The maximum atomic E-state index is 13.2. The van der Waals surface area contributed by atoms with Gasteiger partial charge < -0.3 is 9.47 Å². The molecule has 0 saturated carbocycles. The lowest BCUT2D eigenvalue weighted by Crippen LogP contribution is -2.37. The molecule has 0 spiro atoms. The lowest BCUT2D eigenvalue weighted by Gasteiger charge is -2.25. The van der Waals surface area contributed by atoms with Gasteiger partial charge in [-0.3, -0.25) is 19.2 Å². The van der Waals surface area contributed by atoms with E-state index in [1.807, 2.05) is 0 Å². The molecule has 0 aliphatic heterocycles. The number of rotatable bonds is 8. The molecule has 9 nitrogen and oxygen atoms in total. The van der Waals surface area contributed by atoms with Crippen LogP contribution in [0.25, 0.3) is 0 Å². The molecule has 2 aromatic rings. The van der Waals surface area contributed by atoms with E-state index in [1.165, 1.54) is 43.5 Å². The summed E-state index contributed by atoms with van der Waals surface area (Å²) in [5.74, 6) is -0.745. The summed E-state index contributed by atoms with van der Waals surface area (Å²) in [5.41, 5.74) is -0.484. The fraction of sp³-hybridized carbons (Fsp3) is 0.278. The highest BCUT2D eigenvalue weighted by atomic mass is 32.2. The number of esters is 1. The van der Waals surface area contributed by atoms with Crippen LogP contribution in [0.5, 0.6) is 5.75 Å². The van der Waals surface area contributed by atoms with Crippen molar-refractivity contribution in [3.63, 3.8) is 0 Å². The van der Waals surface area contributed by atoms with Gasteiger partial charge in [-0.05, 0) is 32.0 Å². The highest BCUT2D eigenvalue weighted by molar-refractivity contribution is 7.92. The van der Waals surface area contributed by atoms with Crippen LogP contribution >= 0.6 is 0 Å². The third-order valence-corrected chi connectivity index (χ3v) is 5.39. The largest absolute Gasteiger partial charge is 0.495 e. The van der Waals surface area contributed by atoms with E-state index in [2.05, 4.69) is 0 Å². The number of hydrogen-bond acceptors (Lipinski definition) is 7. The average Bonchev–Trinajstić information content (AvgIpc) is 2.65. The standard InChI is InChI=1S/C18H20N2O7S/c1-13(2)27-18(21)12-19(28(24,25)15-7-5-4-6-8-15)16-11-14(20(22)23)9-10-17(16)26-3/h4-11,13H,12H2,1-3H3. The molecule has 0 aromatic heterocycles. The van der Waals surface area contributed by atoms with Gasteiger partial charge in [0.05, 0.1) is 23.0 Å². The van der Waals surface area contributed by atoms with Gasteiger partial charge in [0.1, 0.15) is 18.0 Å². The predicted molar refractivity (Wildman–Crippen MR) is 102 cm³/mol. The molecule has 0 aliphatic rings. The number of sulfonamides is 1. The van der Waals surface area contributed by atoms with Gasteiger partial charge in [-0.15, -0.1) is 0 Å². The first kappa shape index (κ1) is 21.2. The lowest BCUT2D eigenvalue weighted by atomic mass is 10.2. The van der Waals surface area contributed by atoms with Crippen molar-refractivity contribution in [3.05, 3.63) is 58.6 Å². The molecule has 2 aromatic carbocycles. The number of ether oxygens (including phenoxy) is 2. The van der Waals surface area contributed by atoms with Crippen molar-refractivity contribution in [1.29, 1.82) is 0 Å². The third-order valence-electron chi connectivity index (χ3n) is 3.61. The summed E-state index contributed by atoms with van der Waals surface area (Å²) in [6.07, 6.45) is -0.458. The molecular formula is C18H20N2O7S. The second kappa shape index (κ2) is 8.70. The molecule has 0 saturated heterocycles. The number of nitro groups is 1. The van der Waals surface area contributed by atoms with Crippen molar-refractivity contribution in [3.8, 4) is 5.75 Å². The third kappa shape index (κ3) is 4.77. The second-order valence-corrected chi connectivity index (χ2v) is 7.84. The number of anilines is 1. The molecule has 0 unspecified atom stereocenters. The Morgan fingerprint density at radius 1 is 1.18 bits per heavy atom. The van der Waals surface area contributed by atoms with Gasteiger partial charge in [-0.25, -0.2) is 8.42 Å². The SMILES string of the molecule is COc1ccc([N+](=O)[O-])cc1N(CC(=O)OC(C)C)S(=O)(=O)c1ccccc1. The van der Waals surface area contributed by atoms with Crippen LogP contribution in [0.1, 0.15) is 13.8 Å². The van der Waals surface area contributed by atoms with E-state index >= 15 is 0 Å². The summed E-state index contributed by atoms with van der Waals surface area (Å²) in [6, 6.07) is 10.9. The Labute approximate surface area is 162 Å². The van der Waals surface area contributed by atoms with Gasteiger partial charge in [0.2, 0.25) is 0 Å². The number of methoxy groups -OCH3 is 1. The molecule has 0 radical (unpaired) electrons. The van der Waals surface area contributed by atoms with E-state index < -0.39 is 33.6 Å². The number of non-ortho nitro benzene ring substituents is 1. The van der Waals surface area contributed by atoms with Crippen LogP contribution in [-0.4, -0.2) is 39.1 Å². The molecule has 0 atom stereocenters. The molecule has 150 valence electrons. The average molecular weight is 408 g/mol. The normalized spacial score (nSPS) is 11.1. The molecule has 2 rings (SSSR count). The van der Waals surface area contributed by atoms with Crippen molar-refractivity contribution < 1.29 is 27.6 Å². The zero-order chi connectivity index (χ0) is 20.9. The van der Waals surface area contributed by atoms with Gasteiger partial charge in [0.15, 0.2) is 0 Å². The van der Waals surface area contributed by atoms with Crippen LogP contribution in [0.2, 0.25) is 0 Å². The van der Waals surface area contributed by atoms with E-state index in [4.69, 9.17) is 9.47 Å². The van der Waals surface area contributed by atoms with Crippen molar-refractivity contribution in [2.75, 3.05) is 18.0 Å². The molecular weight excluding hydrogens is 388 g/mol. The quantitative estimate of drug-likeness (QED) is 0.374. The van der Waals surface area contributed by atoms with E-state index in [9.17, 15) is 23.3 Å². The minimum Gasteiger partial charge on any atom is -0.495 e.